The first-order valence-corrected chi connectivity index (χ1v) is 6.01. The van der Waals surface area contributed by atoms with Crippen LogP contribution in [0.5, 0.6) is 0 Å². The van der Waals surface area contributed by atoms with E-state index in [2.05, 4.69) is 73.7 Å². The summed E-state index contributed by atoms with van der Waals surface area (Å²) < 4.78 is 0. The van der Waals surface area contributed by atoms with E-state index in [0.717, 1.165) is 0 Å². The molecule has 2 aromatic rings. The first-order valence-electron chi connectivity index (χ1n) is 6.01. The van der Waals surface area contributed by atoms with Crippen LogP contribution in [-0.4, -0.2) is 6.04 Å². The van der Waals surface area contributed by atoms with Crippen molar-refractivity contribution in [2.45, 2.75) is 19.9 Å². The number of benzene rings is 2. The van der Waals surface area contributed by atoms with Gasteiger partial charge in [-0.15, -0.1) is 0 Å². The van der Waals surface area contributed by atoms with Crippen LogP contribution in [0.2, 0.25) is 0 Å². The van der Waals surface area contributed by atoms with Gasteiger partial charge in [-0.05, 0) is 37.6 Å². The van der Waals surface area contributed by atoms with Gasteiger partial charge in [-0.1, -0.05) is 43.3 Å². The summed E-state index contributed by atoms with van der Waals surface area (Å²) in [6.45, 7) is 4.31. The highest BCUT2D eigenvalue weighted by Crippen LogP contribution is 2.27. The molecule has 2 rings (SSSR count). The lowest BCUT2D eigenvalue weighted by molar-refractivity contribution is 0.808. The maximum Gasteiger partial charge on any atom is 0.0413 e. The van der Waals surface area contributed by atoms with Crippen LogP contribution in [-0.2, 0) is 0 Å². The molecule has 0 bridgehead atoms. The van der Waals surface area contributed by atoms with Crippen LogP contribution in [0, 0.1) is 6.42 Å². The summed E-state index contributed by atoms with van der Waals surface area (Å²) >= 11 is 0. The zero-order valence-corrected chi connectivity index (χ0v) is 10.4. The van der Waals surface area contributed by atoms with E-state index in [0.29, 0.717) is 6.04 Å². The van der Waals surface area contributed by atoms with E-state index >= 15 is 0 Å². The fourth-order valence-corrected chi connectivity index (χ4v) is 1.95. The van der Waals surface area contributed by atoms with Crippen LogP contribution >= 0.6 is 0 Å². The van der Waals surface area contributed by atoms with Crippen molar-refractivity contribution in [3.63, 3.8) is 0 Å². The lowest BCUT2D eigenvalue weighted by Gasteiger charge is -2.30. The third-order valence-corrected chi connectivity index (χ3v) is 2.96. The van der Waals surface area contributed by atoms with Crippen molar-refractivity contribution in [3.8, 4) is 0 Å². The molecule has 1 radical (unpaired) electrons. The second-order valence-corrected chi connectivity index (χ2v) is 4.12. The molecule has 17 heavy (non-hydrogen) atoms. The summed E-state index contributed by atoms with van der Waals surface area (Å²) in [7, 11) is 0. The quantitative estimate of drug-likeness (QED) is 0.742. The van der Waals surface area contributed by atoms with Crippen molar-refractivity contribution in [1.29, 1.82) is 0 Å². The van der Waals surface area contributed by atoms with Crippen LogP contribution in [0.15, 0.2) is 60.7 Å². The molecule has 0 aromatic heterocycles. The molecular formula is C16H18N. The Labute approximate surface area is 104 Å². The Bertz CT molecular complexity index is 396. The van der Waals surface area contributed by atoms with Crippen molar-refractivity contribution in [2.24, 2.45) is 0 Å². The summed E-state index contributed by atoms with van der Waals surface area (Å²) in [6, 6.07) is 21.4. The molecule has 87 valence electrons. The molecule has 1 nitrogen and oxygen atoms in total. The fraction of sp³-hybridized carbons (Fsp3) is 0.188. The molecular weight excluding hydrogens is 206 g/mol. The van der Waals surface area contributed by atoms with Gasteiger partial charge in [-0.3, -0.25) is 0 Å². The summed E-state index contributed by atoms with van der Waals surface area (Å²) in [6.07, 6.45) is 2.21. The van der Waals surface area contributed by atoms with Crippen LogP contribution in [0.25, 0.3) is 0 Å². The minimum atomic E-state index is 0.375. The van der Waals surface area contributed by atoms with Crippen LogP contribution in [0.1, 0.15) is 13.8 Å². The van der Waals surface area contributed by atoms with Gasteiger partial charge in [-0.2, -0.15) is 0 Å². The van der Waals surface area contributed by atoms with Gasteiger partial charge in [0.1, 0.15) is 0 Å². The number of hydrogen-bond donors (Lipinski definition) is 0. The highest BCUT2D eigenvalue weighted by atomic mass is 15.2. The second-order valence-electron chi connectivity index (χ2n) is 4.12. The zero-order valence-electron chi connectivity index (χ0n) is 10.4. The van der Waals surface area contributed by atoms with Gasteiger partial charge >= 0.3 is 0 Å². The highest BCUT2D eigenvalue weighted by Gasteiger charge is 2.14. The number of nitrogens with zero attached hydrogens (tertiary/aromatic N) is 1. The normalized spacial score (nSPS) is 12.1. The van der Waals surface area contributed by atoms with Crippen LogP contribution < -0.4 is 4.90 Å². The molecule has 0 aliphatic carbocycles. The number of hydrogen-bond acceptors (Lipinski definition) is 1. The molecule has 0 fully saturated rings. The van der Waals surface area contributed by atoms with Crippen molar-refractivity contribution in [2.75, 3.05) is 4.90 Å². The molecule has 0 aliphatic heterocycles. The molecule has 0 aliphatic rings. The second kappa shape index (κ2) is 5.53. The number of para-hydroxylation sites is 2. The molecule has 2 aromatic carbocycles. The van der Waals surface area contributed by atoms with E-state index < -0.39 is 0 Å². The summed E-state index contributed by atoms with van der Waals surface area (Å²) in [5, 5.41) is 0. The van der Waals surface area contributed by atoms with Crippen LogP contribution in [0.3, 0.4) is 0 Å². The van der Waals surface area contributed by atoms with Gasteiger partial charge < -0.3 is 4.90 Å². The monoisotopic (exact) mass is 224 g/mol. The Balaban J connectivity index is 2.39. The van der Waals surface area contributed by atoms with E-state index in [1.54, 1.807) is 0 Å². The van der Waals surface area contributed by atoms with Crippen molar-refractivity contribution in [3.05, 3.63) is 67.1 Å². The van der Waals surface area contributed by atoms with Gasteiger partial charge in [0.15, 0.2) is 0 Å². The maximum absolute atomic E-state index is 2.33. The van der Waals surface area contributed by atoms with Crippen molar-refractivity contribution in [1.82, 2.24) is 0 Å². The van der Waals surface area contributed by atoms with E-state index in [9.17, 15) is 0 Å². The van der Waals surface area contributed by atoms with E-state index in [4.69, 9.17) is 0 Å². The van der Waals surface area contributed by atoms with Gasteiger partial charge in [0.2, 0.25) is 0 Å². The Morgan fingerprint density at radius 3 is 1.59 bits per heavy atom. The minimum Gasteiger partial charge on any atom is -0.338 e. The molecule has 1 atom stereocenters. The number of rotatable bonds is 4. The maximum atomic E-state index is 2.33. The Morgan fingerprint density at radius 2 is 1.24 bits per heavy atom. The first kappa shape index (κ1) is 11.7. The minimum absolute atomic E-state index is 0.375. The third kappa shape index (κ3) is 2.68. The Morgan fingerprint density at radius 1 is 0.824 bits per heavy atom. The lowest BCUT2D eigenvalue weighted by Crippen LogP contribution is -2.27. The van der Waals surface area contributed by atoms with Gasteiger partial charge in [0.25, 0.3) is 0 Å². The molecule has 0 heterocycles. The van der Waals surface area contributed by atoms with Gasteiger partial charge in [0.05, 0.1) is 0 Å². The molecule has 1 unspecified atom stereocenters. The summed E-state index contributed by atoms with van der Waals surface area (Å²) in [5.41, 5.74) is 2.45. The molecule has 0 amide bonds. The van der Waals surface area contributed by atoms with Crippen LogP contribution in [0.4, 0.5) is 11.4 Å². The smallest absolute Gasteiger partial charge is 0.0413 e. The average Bonchev–Trinajstić information content (AvgIpc) is 2.41. The van der Waals surface area contributed by atoms with Gasteiger partial charge in [0, 0.05) is 17.4 Å². The van der Waals surface area contributed by atoms with Crippen molar-refractivity contribution >= 4 is 11.4 Å². The molecule has 0 saturated carbocycles. The third-order valence-electron chi connectivity index (χ3n) is 2.96. The largest absolute Gasteiger partial charge is 0.338 e. The van der Waals surface area contributed by atoms with Crippen molar-refractivity contribution < 1.29 is 0 Å². The fourth-order valence-electron chi connectivity index (χ4n) is 1.95. The molecule has 1 heteroatoms. The van der Waals surface area contributed by atoms with Gasteiger partial charge in [-0.25, -0.2) is 0 Å². The zero-order chi connectivity index (χ0) is 12.1. The molecule has 0 N–H and O–H groups in total. The highest BCUT2D eigenvalue weighted by molar-refractivity contribution is 5.64. The molecule has 0 saturated heterocycles. The number of anilines is 2. The Kier molecular flexibility index (Phi) is 3.81. The Hall–Kier alpha value is -1.76. The van der Waals surface area contributed by atoms with E-state index in [1.807, 2.05) is 12.1 Å². The SMILES string of the molecule is C[CH]C(C)N(c1ccccc1)c1ccccc1. The summed E-state index contributed by atoms with van der Waals surface area (Å²) in [5.74, 6) is 0. The van der Waals surface area contributed by atoms with E-state index in [-0.39, 0.29) is 0 Å². The predicted octanol–water partition coefficient (Wildman–Crippen LogP) is 4.44. The van der Waals surface area contributed by atoms with E-state index in [1.165, 1.54) is 11.4 Å². The first-order chi connectivity index (χ1) is 8.33. The average molecular weight is 224 g/mol. The predicted molar refractivity (Wildman–Crippen MR) is 74.5 cm³/mol. The topological polar surface area (TPSA) is 3.24 Å². The summed E-state index contributed by atoms with van der Waals surface area (Å²) in [4.78, 5) is 2.33. The lowest BCUT2D eigenvalue weighted by atomic mass is 10.1. The standard InChI is InChI=1S/C16H18N/c1-3-14(2)17(15-10-6-4-7-11-15)16-12-8-5-9-13-16/h3-14H,1-2H3. The molecule has 0 spiro atoms.